The Morgan fingerprint density at radius 1 is 1.04 bits per heavy atom. The van der Waals surface area contributed by atoms with E-state index in [4.69, 9.17) is 0 Å². The lowest BCUT2D eigenvalue weighted by atomic mass is 9.94. The summed E-state index contributed by atoms with van der Waals surface area (Å²) in [6.45, 7) is 2.90. The number of hydrogen-bond donors (Lipinski definition) is 1. The van der Waals surface area contributed by atoms with Gasteiger partial charge in [-0.25, -0.2) is 0 Å². The van der Waals surface area contributed by atoms with Gasteiger partial charge in [-0.15, -0.1) is 0 Å². The van der Waals surface area contributed by atoms with Crippen LogP contribution in [0.4, 0.5) is 5.69 Å². The maximum Gasteiger partial charge on any atom is 0.255 e. The van der Waals surface area contributed by atoms with Crippen molar-refractivity contribution in [1.29, 1.82) is 0 Å². The third kappa shape index (κ3) is 4.70. The van der Waals surface area contributed by atoms with Crippen molar-refractivity contribution in [3.8, 4) is 0 Å². The van der Waals surface area contributed by atoms with Crippen LogP contribution in [0.1, 0.15) is 53.6 Å². The maximum absolute atomic E-state index is 12.5. The zero-order valence-corrected chi connectivity index (χ0v) is 15.3. The lowest BCUT2D eigenvalue weighted by Gasteiger charge is -2.31. The number of rotatable bonds is 5. The zero-order chi connectivity index (χ0) is 17.6. The molecule has 1 fully saturated rings. The van der Waals surface area contributed by atoms with Gasteiger partial charge in [0.05, 0.1) is 0 Å². The Morgan fingerprint density at radius 2 is 1.72 bits per heavy atom. The van der Waals surface area contributed by atoms with Gasteiger partial charge in [0.25, 0.3) is 5.91 Å². The van der Waals surface area contributed by atoms with Crippen molar-refractivity contribution < 1.29 is 4.79 Å². The Kier molecular flexibility index (Phi) is 5.87. The molecule has 0 heterocycles. The van der Waals surface area contributed by atoms with Crippen LogP contribution < -0.4 is 5.32 Å². The molecule has 3 nitrogen and oxygen atoms in total. The van der Waals surface area contributed by atoms with Gasteiger partial charge >= 0.3 is 0 Å². The highest BCUT2D eigenvalue weighted by Gasteiger charge is 2.19. The van der Waals surface area contributed by atoms with Gasteiger partial charge in [-0.05, 0) is 50.6 Å². The van der Waals surface area contributed by atoms with Gasteiger partial charge in [0, 0.05) is 23.8 Å². The molecule has 0 aromatic heterocycles. The van der Waals surface area contributed by atoms with E-state index in [0.29, 0.717) is 11.6 Å². The van der Waals surface area contributed by atoms with Crippen molar-refractivity contribution in [3.05, 3.63) is 65.2 Å². The molecule has 1 saturated carbocycles. The number of carbonyl (C=O) groups is 1. The molecule has 0 radical (unpaired) electrons. The average molecular weight is 336 g/mol. The highest BCUT2D eigenvalue weighted by Crippen LogP contribution is 2.25. The highest BCUT2D eigenvalue weighted by molar-refractivity contribution is 6.04. The SMILES string of the molecule is Cc1ccc(C(=O)Nc2ccccc2CN(C)C2CCCCC2)cc1. The number of hydrogen-bond acceptors (Lipinski definition) is 2. The van der Waals surface area contributed by atoms with Gasteiger partial charge in [-0.2, -0.15) is 0 Å². The van der Waals surface area contributed by atoms with E-state index >= 15 is 0 Å². The van der Waals surface area contributed by atoms with Crippen LogP contribution in [0.25, 0.3) is 0 Å². The number of benzene rings is 2. The van der Waals surface area contributed by atoms with Crippen LogP contribution in [0, 0.1) is 6.92 Å². The van der Waals surface area contributed by atoms with Crippen molar-refractivity contribution in [3.63, 3.8) is 0 Å². The van der Waals surface area contributed by atoms with Gasteiger partial charge in [0.2, 0.25) is 0 Å². The second kappa shape index (κ2) is 8.30. The molecular weight excluding hydrogens is 308 g/mol. The minimum atomic E-state index is -0.0484. The van der Waals surface area contributed by atoms with Crippen LogP contribution in [-0.4, -0.2) is 23.9 Å². The minimum absolute atomic E-state index is 0.0484. The first-order chi connectivity index (χ1) is 12.1. The van der Waals surface area contributed by atoms with E-state index in [1.54, 1.807) is 0 Å². The predicted molar refractivity (Wildman–Crippen MR) is 104 cm³/mol. The fraction of sp³-hybridized carbons (Fsp3) is 0.409. The third-order valence-corrected chi connectivity index (χ3v) is 5.20. The molecule has 132 valence electrons. The quantitative estimate of drug-likeness (QED) is 0.832. The van der Waals surface area contributed by atoms with Gasteiger partial charge in [0.1, 0.15) is 0 Å². The van der Waals surface area contributed by atoms with Crippen LogP contribution in [0.5, 0.6) is 0 Å². The second-order valence-corrected chi connectivity index (χ2v) is 7.18. The fourth-order valence-corrected chi connectivity index (χ4v) is 3.60. The molecule has 0 aliphatic heterocycles. The number of aryl methyl sites for hydroxylation is 1. The lowest BCUT2D eigenvalue weighted by molar-refractivity contribution is 0.102. The molecule has 3 heteroatoms. The normalized spacial score (nSPS) is 15.3. The number of anilines is 1. The molecule has 0 bridgehead atoms. The Balaban J connectivity index is 1.69. The van der Waals surface area contributed by atoms with E-state index < -0.39 is 0 Å². The second-order valence-electron chi connectivity index (χ2n) is 7.18. The standard InChI is InChI=1S/C22H28N2O/c1-17-12-14-18(15-13-17)22(25)23-21-11-7-6-8-19(21)16-24(2)20-9-4-3-5-10-20/h6-8,11-15,20H,3-5,9-10,16H2,1-2H3,(H,23,25). The fourth-order valence-electron chi connectivity index (χ4n) is 3.60. The molecule has 1 amide bonds. The number of nitrogens with one attached hydrogen (secondary N) is 1. The summed E-state index contributed by atoms with van der Waals surface area (Å²) in [7, 11) is 2.20. The minimum Gasteiger partial charge on any atom is -0.322 e. The van der Waals surface area contributed by atoms with Crippen molar-refractivity contribution in [2.45, 2.75) is 51.6 Å². The summed E-state index contributed by atoms with van der Waals surface area (Å²) >= 11 is 0. The first-order valence-electron chi connectivity index (χ1n) is 9.29. The first-order valence-corrected chi connectivity index (χ1v) is 9.29. The zero-order valence-electron chi connectivity index (χ0n) is 15.3. The van der Waals surface area contributed by atoms with Gasteiger partial charge in [0.15, 0.2) is 0 Å². The smallest absolute Gasteiger partial charge is 0.255 e. The molecule has 2 aromatic rings. The molecule has 25 heavy (non-hydrogen) atoms. The van der Waals surface area contributed by atoms with Crippen LogP contribution in [-0.2, 0) is 6.54 Å². The van der Waals surface area contributed by atoms with Gasteiger partial charge in [-0.3, -0.25) is 9.69 Å². The van der Waals surface area contributed by atoms with Crippen LogP contribution in [0.15, 0.2) is 48.5 Å². The van der Waals surface area contributed by atoms with Crippen LogP contribution >= 0.6 is 0 Å². The lowest BCUT2D eigenvalue weighted by Crippen LogP contribution is -2.33. The summed E-state index contributed by atoms with van der Waals surface area (Å²) in [6, 6.07) is 16.5. The number of amides is 1. The maximum atomic E-state index is 12.5. The van der Waals surface area contributed by atoms with E-state index in [0.717, 1.165) is 17.8 Å². The number of para-hydroxylation sites is 1. The molecule has 0 saturated heterocycles. The number of carbonyl (C=O) groups excluding carboxylic acids is 1. The van der Waals surface area contributed by atoms with E-state index in [1.165, 1.54) is 37.7 Å². The number of nitrogens with zero attached hydrogens (tertiary/aromatic N) is 1. The van der Waals surface area contributed by atoms with Crippen molar-refractivity contribution >= 4 is 11.6 Å². The molecular formula is C22H28N2O. The average Bonchev–Trinajstić information content (AvgIpc) is 2.64. The summed E-state index contributed by atoms with van der Waals surface area (Å²) in [5.41, 5.74) is 3.94. The molecule has 1 N–H and O–H groups in total. The monoisotopic (exact) mass is 336 g/mol. The van der Waals surface area contributed by atoms with Crippen LogP contribution in [0.2, 0.25) is 0 Å². The van der Waals surface area contributed by atoms with E-state index in [-0.39, 0.29) is 5.91 Å². The first kappa shape index (κ1) is 17.7. The van der Waals surface area contributed by atoms with E-state index in [1.807, 2.05) is 49.4 Å². The summed E-state index contributed by atoms with van der Waals surface area (Å²) in [4.78, 5) is 15.0. The summed E-state index contributed by atoms with van der Waals surface area (Å²) in [5, 5.41) is 3.09. The van der Waals surface area contributed by atoms with E-state index in [2.05, 4.69) is 23.3 Å². The summed E-state index contributed by atoms with van der Waals surface area (Å²) < 4.78 is 0. The van der Waals surface area contributed by atoms with Crippen molar-refractivity contribution in [2.75, 3.05) is 12.4 Å². The largest absolute Gasteiger partial charge is 0.322 e. The molecule has 0 atom stereocenters. The molecule has 1 aliphatic rings. The Hall–Kier alpha value is -2.13. The summed E-state index contributed by atoms with van der Waals surface area (Å²) in [6.07, 6.45) is 6.61. The molecule has 1 aliphatic carbocycles. The Labute approximate surface area is 151 Å². The predicted octanol–water partition coefficient (Wildman–Crippen LogP) is 5.01. The van der Waals surface area contributed by atoms with Crippen LogP contribution in [0.3, 0.4) is 0 Å². The Bertz CT molecular complexity index is 702. The van der Waals surface area contributed by atoms with Gasteiger partial charge < -0.3 is 5.32 Å². The molecule has 2 aromatic carbocycles. The van der Waals surface area contributed by atoms with E-state index in [9.17, 15) is 4.79 Å². The molecule has 3 rings (SSSR count). The van der Waals surface area contributed by atoms with Crippen molar-refractivity contribution in [2.24, 2.45) is 0 Å². The highest BCUT2D eigenvalue weighted by atomic mass is 16.1. The molecule has 0 spiro atoms. The topological polar surface area (TPSA) is 32.3 Å². The third-order valence-electron chi connectivity index (χ3n) is 5.20. The van der Waals surface area contributed by atoms with Gasteiger partial charge in [-0.1, -0.05) is 55.2 Å². The Morgan fingerprint density at radius 3 is 2.44 bits per heavy atom. The summed E-state index contributed by atoms with van der Waals surface area (Å²) in [5.74, 6) is -0.0484. The molecule has 0 unspecified atom stereocenters. The van der Waals surface area contributed by atoms with Crippen molar-refractivity contribution in [1.82, 2.24) is 4.90 Å².